The first-order chi connectivity index (χ1) is 21.8. The number of para-hydroxylation sites is 2. The van der Waals surface area contributed by atoms with Crippen molar-refractivity contribution < 1.29 is 4.74 Å². The van der Waals surface area contributed by atoms with Gasteiger partial charge < -0.3 is 4.74 Å². The fourth-order valence-corrected chi connectivity index (χ4v) is 7.57. The van der Waals surface area contributed by atoms with Gasteiger partial charge in [-0.25, -0.2) is 0 Å². The van der Waals surface area contributed by atoms with Crippen LogP contribution in [0.25, 0.3) is 44.5 Å². The molecule has 1 aliphatic heterocycles. The molecular formula is C43H28O. The molecule has 1 aliphatic carbocycles. The molecule has 0 N–H and O–H groups in total. The van der Waals surface area contributed by atoms with Crippen LogP contribution in [-0.4, -0.2) is 0 Å². The van der Waals surface area contributed by atoms with Crippen molar-refractivity contribution in [1.82, 2.24) is 0 Å². The molecule has 0 bridgehead atoms. The normalized spacial score (nSPS) is 13.4. The second kappa shape index (κ2) is 9.69. The highest BCUT2D eigenvalue weighted by Gasteiger charge is 2.45. The van der Waals surface area contributed by atoms with Gasteiger partial charge in [-0.15, -0.1) is 0 Å². The van der Waals surface area contributed by atoms with Crippen LogP contribution in [-0.2, 0) is 5.41 Å². The number of rotatable bonds is 2. The van der Waals surface area contributed by atoms with Crippen LogP contribution in [0.1, 0.15) is 22.3 Å². The number of hydrogen-bond acceptors (Lipinski definition) is 1. The molecule has 44 heavy (non-hydrogen) atoms. The van der Waals surface area contributed by atoms with Gasteiger partial charge in [-0.2, -0.15) is 0 Å². The lowest BCUT2D eigenvalue weighted by atomic mass is 9.63. The number of fused-ring (bicyclic) bond motifs is 10. The van der Waals surface area contributed by atoms with E-state index in [9.17, 15) is 0 Å². The van der Waals surface area contributed by atoms with E-state index >= 15 is 0 Å². The van der Waals surface area contributed by atoms with Crippen molar-refractivity contribution >= 4 is 0 Å². The predicted molar refractivity (Wildman–Crippen MR) is 180 cm³/mol. The maximum absolute atomic E-state index is 6.57. The van der Waals surface area contributed by atoms with E-state index < -0.39 is 5.41 Å². The molecule has 1 nitrogen and oxygen atoms in total. The maximum Gasteiger partial charge on any atom is 0.132 e. The van der Waals surface area contributed by atoms with Crippen LogP contribution in [0.2, 0.25) is 0 Å². The van der Waals surface area contributed by atoms with Crippen molar-refractivity contribution in [2.45, 2.75) is 5.41 Å². The molecule has 0 aromatic heterocycles. The Morgan fingerprint density at radius 2 is 0.682 bits per heavy atom. The summed E-state index contributed by atoms with van der Waals surface area (Å²) in [6.45, 7) is 0. The van der Waals surface area contributed by atoms with Gasteiger partial charge in [-0.05, 0) is 73.8 Å². The first-order valence-electron chi connectivity index (χ1n) is 15.2. The van der Waals surface area contributed by atoms with Crippen molar-refractivity contribution in [3.8, 4) is 56.0 Å². The van der Waals surface area contributed by atoms with Crippen LogP contribution < -0.4 is 4.74 Å². The summed E-state index contributed by atoms with van der Waals surface area (Å²) in [5.74, 6) is 1.78. The zero-order chi connectivity index (χ0) is 29.1. The summed E-state index contributed by atoms with van der Waals surface area (Å²) in [5.41, 5.74) is 14.1. The van der Waals surface area contributed by atoms with Gasteiger partial charge in [0.25, 0.3) is 0 Å². The van der Waals surface area contributed by atoms with Crippen LogP contribution in [0.15, 0.2) is 170 Å². The summed E-state index contributed by atoms with van der Waals surface area (Å²) in [5, 5.41) is 0. The standard InChI is InChI=1S/C43H28O/c1-2-14-29(15-3-1)43(39-22-10-12-24-41(39)44-42-25-13-11-23-40(42)43)30-26-27-37-35-20-7-6-18-33(35)31-16-4-5-17-32(31)34-19-8-9-21-36(34)38(37)28-30/h1-28H. The van der Waals surface area contributed by atoms with Gasteiger partial charge in [0, 0.05) is 11.1 Å². The molecule has 0 unspecified atom stereocenters. The molecule has 9 rings (SSSR count). The second-order valence-electron chi connectivity index (χ2n) is 11.6. The molecule has 0 spiro atoms. The zero-order valence-electron chi connectivity index (χ0n) is 24.1. The van der Waals surface area contributed by atoms with Crippen molar-refractivity contribution in [3.05, 3.63) is 192 Å². The van der Waals surface area contributed by atoms with E-state index in [0.717, 1.165) is 22.6 Å². The minimum Gasteiger partial charge on any atom is -0.457 e. The van der Waals surface area contributed by atoms with Crippen LogP contribution in [0.5, 0.6) is 11.5 Å². The van der Waals surface area contributed by atoms with Crippen molar-refractivity contribution in [2.24, 2.45) is 0 Å². The Bertz CT molecular complexity index is 2160. The third kappa shape index (κ3) is 3.47. The quantitative estimate of drug-likeness (QED) is 0.204. The summed E-state index contributed by atoms with van der Waals surface area (Å²) < 4.78 is 6.57. The average Bonchev–Trinajstić information content (AvgIpc) is 3.10. The molecule has 0 fully saturated rings. The van der Waals surface area contributed by atoms with E-state index in [-0.39, 0.29) is 0 Å². The van der Waals surface area contributed by atoms with Gasteiger partial charge in [-0.3, -0.25) is 0 Å². The second-order valence-corrected chi connectivity index (χ2v) is 11.6. The summed E-state index contributed by atoms with van der Waals surface area (Å²) in [7, 11) is 0. The molecule has 0 saturated carbocycles. The lowest BCUT2D eigenvalue weighted by Crippen LogP contribution is -2.34. The van der Waals surface area contributed by atoms with Crippen LogP contribution in [0, 0.1) is 0 Å². The molecular weight excluding hydrogens is 532 g/mol. The molecule has 206 valence electrons. The number of benzene rings is 7. The number of hydrogen-bond donors (Lipinski definition) is 0. The van der Waals surface area contributed by atoms with E-state index in [4.69, 9.17) is 4.74 Å². The third-order valence-corrected chi connectivity index (χ3v) is 9.40. The Kier molecular flexibility index (Phi) is 5.48. The highest BCUT2D eigenvalue weighted by atomic mass is 16.5. The fraction of sp³-hybridized carbons (Fsp3) is 0.0233. The molecule has 0 atom stereocenters. The SMILES string of the molecule is c1ccc(C2(c3ccc4c(c3)-c3ccccc3-c3ccccc3-c3ccccc3-4)c3ccccc3Oc3ccccc32)cc1. The maximum atomic E-state index is 6.57. The van der Waals surface area contributed by atoms with E-state index in [1.54, 1.807) is 0 Å². The summed E-state index contributed by atoms with van der Waals surface area (Å²) >= 11 is 0. The van der Waals surface area contributed by atoms with E-state index in [0.29, 0.717) is 0 Å². The Balaban J connectivity index is 1.43. The van der Waals surface area contributed by atoms with Gasteiger partial charge in [0.2, 0.25) is 0 Å². The molecule has 2 aliphatic rings. The Labute approximate surface area is 257 Å². The van der Waals surface area contributed by atoms with Crippen molar-refractivity contribution in [1.29, 1.82) is 0 Å². The van der Waals surface area contributed by atoms with E-state index in [1.165, 1.54) is 55.6 Å². The Morgan fingerprint density at radius 1 is 0.295 bits per heavy atom. The van der Waals surface area contributed by atoms with Crippen molar-refractivity contribution in [3.63, 3.8) is 0 Å². The van der Waals surface area contributed by atoms with Gasteiger partial charge in [-0.1, -0.05) is 152 Å². The monoisotopic (exact) mass is 560 g/mol. The largest absolute Gasteiger partial charge is 0.457 e. The lowest BCUT2D eigenvalue weighted by Gasteiger charge is -2.42. The number of ether oxygens (including phenoxy) is 1. The summed E-state index contributed by atoms with van der Waals surface area (Å²) in [6.07, 6.45) is 0. The fourth-order valence-electron chi connectivity index (χ4n) is 7.57. The van der Waals surface area contributed by atoms with Gasteiger partial charge in [0.15, 0.2) is 0 Å². The zero-order valence-corrected chi connectivity index (χ0v) is 24.1. The molecule has 0 amide bonds. The Hall–Kier alpha value is -5.66. The van der Waals surface area contributed by atoms with Crippen LogP contribution in [0.4, 0.5) is 0 Å². The molecule has 1 heterocycles. The molecule has 7 aromatic carbocycles. The van der Waals surface area contributed by atoms with Gasteiger partial charge in [0.1, 0.15) is 11.5 Å². The molecule has 0 radical (unpaired) electrons. The van der Waals surface area contributed by atoms with Crippen LogP contribution in [0.3, 0.4) is 0 Å². The third-order valence-electron chi connectivity index (χ3n) is 9.40. The first-order valence-corrected chi connectivity index (χ1v) is 15.2. The van der Waals surface area contributed by atoms with Gasteiger partial charge in [0.05, 0.1) is 5.41 Å². The summed E-state index contributed by atoms with van der Waals surface area (Å²) in [4.78, 5) is 0. The van der Waals surface area contributed by atoms with E-state index in [2.05, 4.69) is 170 Å². The van der Waals surface area contributed by atoms with Crippen molar-refractivity contribution in [2.75, 3.05) is 0 Å². The molecule has 7 aromatic rings. The molecule has 0 saturated heterocycles. The average molecular weight is 561 g/mol. The minimum absolute atomic E-state index is 0.573. The topological polar surface area (TPSA) is 9.23 Å². The molecule has 1 heteroatoms. The Morgan fingerprint density at radius 3 is 1.18 bits per heavy atom. The lowest BCUT2D eigenvalue weighted by molar-refractivity contribution is 0.434. The van der Waals surface area contributed by atoms with E-state index in [1.807, 2.05) is 0 Å². The summed E-state index contributed by atoms with van der Waals surface area (Å²) in [6, 6.07) is 61.6. The minimum atomic E-state index is -0.573. The van der Waals surface area contributed by atoms with Gasteiger partial charge >= 0.3 is 0 Å². The highest BCUT2D eigenvalue weighted by Crippen LogP contribution is 2.56. The predicted octanol–water partition coefficient (Wildman–Crippen LogP) is 11.2. The smallest absolute Gasteiger partial charge is 0.132 e. The van der Waals surface area contributed by atoms with Crippen LogP contribution >= 0.6 is 0 Å². The highest BCUT2D eigenvalue weighted by molar-refractivity contribution is 6.03. The first kappa shape index (κ1) is 24.9.